The van der Waals surface area contributed by atoms with E-state index in [2.05, 4.69) is 4.90 Å². The molecule has 0 bridgehead atoms. The molecule has 5 heteroatoms. The number of hydrogen-bond donors (Lipinski definition) is 1. The zero-order chi connectivity index (χ0) is 15.1. The van der Waals surface area contributed by atoms with Crippen LogP contribution in [0, 0.1) is 5.82 Å². The van der Waals surface area contributed by atoms with Gasteiger partial charge in [-0.3, -0.25) is 4.90 Å². The van der Waals surface area contributed by atoms with Crippen molar-refractivity contribution in [3.63, 3.8) is 0 Å². The van der Waals surface area contributed by atoms with Crippen molar-refractivity contribution in [2.45, 2.75) is 25.8 Å². The van der Waals surface area contributed by atoms with Gasteiger partial charge in [-0.2, -0.15) is 0 Å². The van der Waals surface area contributed by atoms with Gasteiger partial charge in [-0.25, -0.2) is 4.39 Å². The van der Waals surface area contributed by atoms with E-state index in [9.17, 15) is 4.39 Å². The zero-order valence-electron chi connectivity index (χ0n) is 12.7. The standard InChI is InChI=1S/C16H25FN2O2/c1-2-14(18)11-13-3-4-16(15(17)12-13)21-10-7-19-5-8-20-9-6-19/h3-4,12,14H,2,5-11,18H2,1H3. The molecule has 2 N–H and O–H groups in total. The molecule has 1 heterocycles. The van der Waals surface area contributed by atoms with Crippen LogP contribution in [-0.4, -0.2) is 50.4 Å². The maximum Gasteiger partial charge on any atom is 0.165 e. The van der Waals surface area contributed by atoms with Crippen LogP contribution in [0.1, 0.15) is 18.9 Å². The van der Waals surface area contributed by atoms with Crippen LogP contribution in [0.3, 0.4) is 0 Å². The van der Waals surface area contributed by atoms with Crippen LogP contribution in [0.25, 0.3) is 0 Å². The van der Waals surface area contributed by atoms with Crippen LogP contribution in [0.15, 0.2) is 18.2 Å². The van der Waals surface area contributed by atoms with Gasteiger partial charge in [0.15, 0.2) is 11.6 Å². The molecule has 0 spiro atoms. The molecular weight excluding hydrogens is 271 g/mol. The summed E-state index contributed by atoms with van der Waals surface area (Å²) in [5, 5.41) is 0. The summed E-state index contributed by atoms with van der Waals surface area (Å²) < 4.78 is 24.8. The van der Waals surface area contributed by atoms with Gasteiger partial charge >= 0.3 is 0 Å². The SMILES string of the molecule is CCC(N)Cc1ccc(OCCN2CCOCC2)c(F)c1. The summed E-state index contributed by atoms with van der Waals surface area (Å²) in [6.07, 6.45) is 1.58. The molecular formula is C16H25FN2O2. The third kappa shape index (κ3) is 5.26. The Hall–Kier alpha value is -1.17. The minimum atomic E-state index is -0.308. The lowest BCUT2D eigenvalue weighted by Crippen LogP contribution is -2.38. The van der Waals surface area contributed by atoms with E-state index in [0.717, 1.165) is 44.8 Å². The molecule has 1 saturated heterocycles. The van der Waals surface area contributed by atoms with Gasteiger partial charge in [0.25, 0.3) is 0 Å². The van der Waals surface area contributed by atoms with Gasteiger partial charge in [0, 0.05) is 25.7 Å². The Morgan fingerprint density at radius 2 is 2.14 bits per heavy atom. The fraction of sp³-hybridized carbons (Fsp3) is 0.625. The molecule has 1 atom stereocenters. The topological polar surface area (TPSA) is 47.7 Å². The van der Waals surface area contributed by atoms with Gasteiger partial charge in [-0.1, -0.05) is 13.0 Å². The Morgan fingerprint density at radius 3 is 2.81 bits per heavy atom. The summed E-state index contributed by atoms with van der Waals surface area (Å²) in [7, 11) is 0. The molecule has 0 saturated carbocycles. The first-order valence-corrected chi connectivity index (χ1v) is 7.66. The van der Waals surface area contributed by atoms with Gasteiger partial charge in [0.1, 0.15) is 6.61 Å². The van der Waals surface area contributed by atoms with E-state index < -0.39 is 0 Å². The minimum absolute atomic E-state index is 0.0810. The molecule has 1 aromatic carbocycles. The smallest absolute Gasteiger partial charge is 0.165 e. The highest BCUT2D eigenvalue weighted by Crippen LogP contribution is 2.19. The highest BCUT2D eigenvalue weighted by atomic mass is 19.1. The van der Waals surface area contributed by atoms with Gasteiger partial charge in [0.2, 0.25) is 0 Å². The molecule has 1 unspecified atom stereocenters. The van der Waals surface area contributed by atoms with Crippen molar-refractivity contribution in [1.29, 1.82) is 0 Å². The van der Waals surface area contributed by atoms with Crippen molar-refractivity contribution in [1.82, 2.24) is 4.90 Å². The van der Waals surface area contributed by atoms with Crippen molar-refractivity contribution in [3.05, 3.63) is 29.6 Å². The van der Waals surface area contributed by atoms with Gasteiger partial charge < -0.3 is 15.2 Å². The molecule has 0 amide bonds. The van der Waals surface area contributed by atoms with Crippen molar-refractivity contribution < 1.29 is 13.9 Å². The van der Waals surface area contributed by atoms with Gasteiger partial charge in [-0.15, -0.1) is 0 Å². The molecule has 0 radical (unpaired) electrons. The second-order valence-electron chi connectivity index (χ2n) is 5.44. The normalized spacial score (nSPS) is 17.7. The van der Waals surface area contributed by atoms with Crippen molar-refractivity contribution in [2.75, 3.05) is 39.5 Å². The lowest BCUT2D eigenvalue weighted by Gasteiger charge is -2.26. The highest BCUT2D eigenvalue weighted by Gasteiger charge is 2.11. The molecule has 1 fully saturated rings. The molecule has 21 heavy (non-hydrogen) atoms. The molecule has 4 nitrogen and oxygen atoms in total. The Kier molecular flexibility index (Phi) is 6.42. The van der Waals surface area contributed by atoms with E-state index in [1.807, 2.05) is 13.0 Å². The number of halogens is 1. The number of hydrogen-bond acceptors (Lipinski definition) is 4. The summed E-state index contributed by atoms with van der Waals surface area (Å²) in [4.78, 5) is 2.26. The molecule has 1 aliphatic rings. The van der Waals surface area contributed by atoms with E-state index >= 15 is 0 Å². The van der Waals surface area contributed by atoms with Crippen LogP contribution < -0.4 is 10.5 Å². The molecule has 0 aromatic heterocycles. The monoisotopic (exact) mass is 296 g/mol. The number of nitrogens with zero attached hydrogens (tertiary/aromatic N) is 1. The van der Waals surface area contributed by atoms with Crippen LogP contribution >= 0.6 is 0 Å². The average Bonchev–Trinajstić information content (AvgIpc) is 2.50. The van der Waals surface area contributed by atoms with Crippen molar-refractivity contribution in [3.8, 4) is 5.75 Å². The van der Waals surface area contributed by atoms with Crippen molar-refractivity contribution in [2.24, 2.45) is 5.73 Å². The molecule has 118 valence electrons. The van der Waals surface area contributed by atoms with E-state index in [-0.39, 0.29) is 11.9 Å². The molecule has 1 aliphatic heterocycles. The predicted molar refractivity (Wildman–Crippen MR) is 81.1 cm³/mol. The first-order valence-electron chi connectivity index (χ1n) is 7.66. The van der Waals surface area contributed by atoms with Crippen molar-refractivity contribution >= 4 is 0 Å². The van der Waals surface area contributed by atoms with Crippen LogP contribution in [0.4, 0.5) is 4.39 Å². The molecule has 1 aromatic rings. The number of ether oxygens (including phenoxy) is 2. The summed E-state index contributed by atoms with van der Waals surface area (Å²) in [6.45, 7) is 6.68. The van der Waals surface area contributed by atoms with Crippen LogP contribution in [-0.2, 0) is 11.2 Å². The first kappa shape index (κ1) is 16.2. The lowest BCUT2D eigenvalue weighted by molar-refractivity contribution is 0.0320. The fourth-order valence-electron chi connectivity index (χ4n) is 2.34. The Morgan fingerprint density at radius 1 is 1.38 bits per heavy atom. The highest BCUT2D eigenvalue weighted by molar-refractivity contribution is 5.29. The fourth-order valence-corrected chi connectivity index (χ4v) is 2.34. The van der Waals surface area contributed by atoms with Gasteiger partial charge in [-0.05, 0) is 30.5 Å². The number of morpholine rings is 1. The van der Waals surface area contributed by atoms with E-state index in [4.69, 9.17) is 15.2 Å². The lowest BCUT2D eigenvalue weighted by atomic mass is 10.0. The van der Waals surface area contributed by atoms with E-state index in [0.29, 0.717) is 18.8 Å². The van der Waals surface area contributed by atoms with E-state index in [1.165, 1.54) is 6.07 Å². The maximum absolute atomic E-state index is 14.0. The number of benzene rings is 1. The van der Waals surface area contributed by atoms with E-state index in [1.54, 1.807) is 6.07 Å². The number of nitrogens with two attached hydrogens (primary N) is 1. The molecule has 2 rings (SSSR count). The summed E-state index contributed by atoms with van der Waals surface area (Å²) in [5.41, 5.74) is 6.81. The Balaban J connectivity index is 1.80. The quantitative estimate of drug-likeness (QED) is 0.834. The largest absolute Gasteiger partial charge is 0.489 e. The Bertz CT molecular complexity index is 436. The second-order valence-corrected chi connectivity index (χ2v) is 5.44. The predicted octanol–water partition coefficient (Wildman–Crippen LogP) is 1.82. The minimum Gasteiger partial charge on any atom is -0.489 e. The average molecular weight is 296 g/mol. The molecule has 0 aliphatic carbocycles. The third-order valence-corrected chi connectivity index (χ3v) is 3.79. The summed E-state index contributed by atoms with van der Waals surface area (Å²) >= 11 is 0. The van der Waals surface area contributed by atoms with Crippen LogP contribution in [0.5, 0.6) is 5.75 Å². The van der Waals surface area contributed by atoms with Gasteiger partial charge in [0.05, 0.1) is 13.2 Å². The van der Waals surface area contributed by atoms with Crippen LogP contribution in [0.2, 0.25) is 0 Å². The summed E-state index contributed by atoms with van der Waals surface area (Å²) in [6, 6.07) is 5.20. The first-order chi connectivity index (χ1) is 10.2. The third-order valence-electron chi connectivity index (χ3n) is 3.79. The number of rotatable bonds is 7. The summed E-state index contributed by atoms with van der Waals surface area (Å²) in [5.74, 6) is 0.00913. The zero-order valence-corrected chi connectivity index (χ0v) is 12.7. The Labute approximate surface area is 126 Å². The maximum atomic E-state index is 14.0. The second kappa shape index (κ2) is 8.32.